The van der Waals surface area contributed by atoms with Crippen LogP contribution >= 0.6 is 11.3 Å². The lowest BCUT2D eigenvalue weighted by Gasteiger charge is -2.28. The van der Waals surface area contributed by atoms with Gasteiger partial charge >= 0.3 is 0 Å². The van der Waals surface area contributed by atoms with Crippen LogP contribution in [0.5, 0.6) is 0 Å². The molecule has 0 unspecified atom stereocenters. The first kappa shape index (κ1) is 19.2. The molecule has 0 spiro atoms. The maximum atomic E-state index is 12.7. The van der Waals surface area contributed by atoms with Crippen molar-refractivity contribution in [3.63, 3.8) is 0 Å². The molecule has 1 aromatic carbocycles. The zero-order chi connectivity index (χ0) is 19.6. The fourth-order valence-electron chi connectivity index (χ4n) is 3.58. The van der Waals surface area contributed by atoms with Crippen LogP contribution in [-0.4, -0.2) is 30.0 Å². The van der Waals surface area contributed by atoms with Crippen LogP contribution in [0.25, 0.3) is 11.3 Å². The molecule has 1 fully saturated rings. The molecule has 0 saturated heterocycles. The molecule has 0 radical (unpaired) electrons. The molecule has 1 aliphatic carbocycles. The van der Waals surface area contributed by atoms with Crippen molar-refractivity contribution in [1.29, 1.82) is 0 Å². The lowest BCUT2D eigenvalue weighted by molar-refractivity contribution is 0.345. The van der Waals surface area contributed by atoms with Crippen molar-refractivity contribution in [2.45, 2.75) is 36.6 Å². The summed E-state index contributed by atoms with van der Waals surface area (Å²) in [5, 5.41) is 6.36. The maximum absolute atomic E-state index is 12.7. The zero-order valence-electron chi connectivity index (χ0n) is 15.5. The Labute approximate surface area is 169 Å². The van der Waals surface area contributed by atoms with E-state index in [0.29, 0.717) is 12.0 Å². The topological polar surface area (TPSA) is 90.0 Å². The van der Waals surface area contributed by atoms with Crippen LogP contribution < -0.4 is 11.1 Å². The summed E-state index contributed by atoms with van der Waals surface area (Å²) in [4.78, 5) is 4.93. The lowest BCUT2D eigenvalue weighted by Crippen LogP contribution is -2.29. The number of rotatable bonds is 6. The molecule has 3 N–H and O–H groups in total. The third kappa shape index (κ3) is 3.99. The lowest BCUT2D eigenvalue weighted by atomic mass is 9.86. The van der Waals surface area contributed by atoms with Gasteiger partial charge in [0.1, 0.15) is 0 Å². The molecule has 28 heavy (non-hydrogen) atoms. The second kappa shape index (κ2) is 8.06. The minimum atomic E-state index is -3.58. The van der Waals surface area contributed by atoms with E-state index in [1.54, 1.807) is 60.1 Å². The molecular formula is C20H24N4O2S2. The van der Waals surface area contributed by atoms with Gasteiger partial charge in [0, 0.05) is 29.4 Å². The van der Waals surface area contributed by atoms with E-state index in [1.807, 2.05) is 5.38 Å². The number of nitrogens with two attached hydrogens (primary N) is 1. The van der Waals surface area contributed by atoms with Crippen molar-refractivity contribution in [1.82, 2.24) is 8.96 Å². The first-order valence-corrected chi connectivity index (χ1v) is 11.8. The van der Waals surface area contributed by atoms with Gasteiger partial charge in [-0.1, -0.05) is 18.2 Å². The number of nitrogens with zero attached hydrogens (tertiary/aromatic N) is 2. The van der Waals surface area contributed by atoms with Crippen LogP contribution in [-0.2, 0) is 10.0 Å². The molecule has 148 valence electrons. The Morgan fingerprint density at radius 2 is 1.89 bits per heavy atom. The van der Waals surface area contributed by atoms with Crippen LogP contribution in [0.1, 0.15) is 25.7 Å². The van der Waals surface area contributed by atoms with Gasteiger partial charge in [0.25, 0.3) is 10.0 Å². The molecule has 0 bridgehead atoms. The van der Waals surface area contributed by atoms with Crippen LogP contribution in [0.4, 0.5) is 5.13 Å². The SMILES string of the molecule is NCC1CCC(Nc2nc(-c3ccn(S(=O)(=O)c4ccccc4)c3)cs2)CC1. The highest BCUT2D eigenvalue weighted by Gasteiger charge is 2.21. The van der Waals surface area contributed by atoms with E-state index in [1.165, 1.54) is 3.97 Å². The van der Waals surface area contributed by atoms with E-state index in [-0.39, 0.29) is 4.90 Å². The van der Waals surface area contributed by atoms with Gasteiger partial charge in [-0.15, -0.1) is 11.3 Å². The van der Waals surface area contributed by atoms with Gasteiger partial charge in [0.15, 0.2) is 5.13 Å². The van der Waals surface area contributed by atoms with E-state index < -0.39 is 10.0 Å². The molecule has 4 rings (SSSR count). The highest BCUT2D eigenvalue weighted by Crippen LogP contribution is 2.30. The van der Waals surface area contributed by atoms with Gasteiger partial charge in [0.2, 0.25) is 0 Å². The molecule has 8 heteroatoms. The van der Waals surface area contributed by atoms with E-state index >= 15 is 0 Å². The zero-order valence-corrected chi connectivity index (χ0v) is 17.1. The third-order valence-corrected chi connectivity index (χ3v) is 7.72. The van der Waals surface area contributed by atoms with Crippen LogP contribution in [0.3, 0.4) is 0 Å². The van der Waals surface area contributed by atoms with Crippen molar-refractivity contribution in [2.24, 2.45) is 11.7 Å². The van der Waals surface area contributed by atoms with Crippen molar-refractivity contribution < 1.29 is 8.42 Å². The van der Waals surface area contributed by atoms with Crippen molar-refractivity contribution >= 4 is 26.5 Å². The quantitative estimate of drug-likeness (QED) is 0.638. The Kier molecular flexibility index (Phi) is 5.52. The predicted molar refractivity (Wildman–Crippen MR) is 113 cm³/mol. The second-order valence-corrected chi connectivity index (χ2v) is 9.89. The molecule has 1 aliphatic rings. The molecule has 0 amide bonds. The summed E-state index contributed by atoms with van der Waals surface area (Å²) in [5.41, 5.74) is 7.33. The number of benzene rings is 1. The standard InChI is InChI=1S/C20H24N4O2S2/c21-12-15-6-8-17(9-7-15)22-20-23-19(14-27-20)16-10-11-24(13-16)28(25,26)18-4-2-1-3-5-18/h1-5,10-11,13-15,17H,6-9,12,21H2,(H,22,23). The Bertz CT molecular complexity index is 1020. The van der Waals surface area contributed by atoms with Gasteiger partial charge in [0.05, 0.1) is 10.6 Å². The fraction of sp³-hybridized carbons (Fsp3) is 0.350. The van der Waals surface area contributed by atoms with Gasteiger partial charge < -0.3 is 11.1 Å². The molecule has 2 aromatic heterocycles. The number of hydrogen-bond acceptors (Lipinski definition) is 6. The number of thiazole rings is 1. The van der Waals surface area contributed by atoms with E-state index in [4.69, 9.17) is 5.73 Å². The molecule has 3 aromatic rings. The van der Waals surface area contributed by atoms with Crippen molar-refractivity contribution in [3.8, 4) is 11.3 Å². The maximum Gasteiger partial charge on any atom is 0.267 e. The average Bonchev–Trinajstić information content (AvgIpc) is 3.39. The summed E-state index contributed by atoms with van der Waals surface area (Å²) in [5.74, 6) is 0.649. The first-order chi connectivity index (χ1) is 13.6. The van der Waals surface area contributed by atoms with Gasteiger partial charge in [-0.3, -0.25) is 0 Å². The van der Waals surface area contributed by atoms with Crippen LogP contribution in [0.15, 0.2) is 59.1 Å². The first-order valence-electron chi connectivity index (χ1n) is 9.47. The monoisotopic (exact) mass is 416 g/mol. The van der Waals surface area contributed by atoms with Crippen LogP contribution in [0.2, 0.25) is 0 Å². The third-order valence-electron chi connectivity index (χ3n) is 5.29. The summed E-state index contributed by atoms with van der Waals surface area (Å²) in [6.45, 7) is 0.775. The van der Waals surface area contributed by atoms with Crippen molar-refractivity contribution in [3.05, 3.63) is 54.2 Å². The van der Waals surface area contributed by atoms with Gasteiger partial charge in [-0.05, 0) is 56.3 Å². The Balaban J connectivity index is 1.47. The number of anilines is 1. The van der Waals surface area contributed by atoms with Crippen molar-refractivity contribution in [2.75, 3.05) is 11.9 Å². The molecular weight excluding hydrogens is 392 g/mol. The molecule has 6 nitrogen and oxygen atoms in total. The van der Waals surface area contributed by atoms with E-state index in [9.17, 15) is 8.42 Å². The Morgan fingerprint density at radius 1 is 1.14 bits per heavy atom. The highest BCUT2D eigenvalue weighted by atomic mass is 32.2. The summed E-state index contributed by atoms with van der Waals surface area (Å²) in [6, 6.07) is 10.6. The summed E-state index contributed by atoms with van der Waals surface area (Å²) in [7, 11) is -3.58. The normalized spacial score (nSPS) is 20.2. The molecule has 1 saturated carbocycles. The number of nitrogens with one attached hydrogen (secondary N) is 1. The smallest absolute Gasteiger partial charge is 0.267 e. The largest absolute Gasteiger partial charge is 0.359 e. The molecule has 0 atom stereocenters. The minimum Gasteiger partial charge on any atom is -0.359 e. The average molecular weight is 417 g/mol. The number of hydrogen-bond donors (Lipinski definition) is 2. The number of aromatic nitrogens is 2. The summed E-state index contributed by atoms with van der Waals surface area (Å²) < 4.78 is 26.7. The second-order valence-electron chi connectivity index (χ2n) is 7.18. The summed E-state index contributed by atoms with van der Waals surface area (Å²) in [6.07, 6.45) is 7.73. The Morgan fingerprint density at radius 3 is 2.61 bits per heavy atom. The van der Waals surface area contributed by atoms with Gasteiger partial charge in [-0.2, -0.15) is 0 Å². The Hall–Kier alpha value is -2.16. The van der Waals surface area contributed by atoms with Crippen LogP contribution in [0, 0.1) is 5.92 Å². The summed E-state index contributed by atoms with van der Waals surface area (Å²) >= 11 is 1.55. The minimum absolute atomic E-state index is 0.269. The van der Waals surface area contributed by atoms with E-state index in [2.05, 4.69) is 10.3 Å². The van der Waals surface area contributed by atoms with E-state index in [0.717, 1.165) is 48.6 Å². The molecule has 0 aliphatic heterocycles. The molecule has 2 heterocycles. The highest BCUT2D eigenvalue weighted by molar-refractivity contribution is 7.90. The van der Waals surface area contributed by atoms with Gasteiger partial charge in [-0.25, -0.2) is 17.4 Å². The predicted octanol–water partition coefficient (Wildman–Crippen LogP) is 3.78. The fourth-order valence-corrected chi connectivity index (χ4v) is 5.60.